The minimum Gasteiger partial charge on any atom is -0.134 e. The quantitative estimate of drug-likeness (QED) is 0.166. The maximum atomic E-state index is 2.30. The van der Waals surface area contributed by atoms with E-state index >= 15 is 0 Å². The summed E-state index contributed by atoms with van der Waals surface area (Å²) in [6.07, 6.45) is 0. The molecule has 0 nitrogen and oxygen atoms in total. The molecule has 0 bridgehead atoms. The third kappa shape index (κ3) is 5.21. The fourth-order valence-electron chi connectivity index (χ4n) is 5.74. The van der Waals surface area contributed by atoms with E-state index in [4.69, 9.17) is 0 Å². The molecular formula is C40H24S5. The Kier molecular flexibility index (Phi) is 6.87. The molecule has 214 valence electrons. The maximum Gasteiger partial charge on any atom is 0.0449 e. The summed E-state index contributed by atoms with van der Waals surface area (Å²) in [5, 5.41) is 5.15. The minimum atomic E-state index is 1.28. The van der Waals surface area contributed by atoms with Crippen molar-refractivity contribution in [2.75, 3.05) is 0 Å². The van der Waals surface area contributed by atoms with Gasteiger partial charge >= 0.3 is 0 Å². The van der Waals surface area contributed by atoms with Crippen molar-refractivity contribution in [2.24, 2.45) is 0 Å². The predicted molar refractivity (Wildman–Crippen MR) is 203 cm³/mol. The van der Waals surface area contributed by atoms with E-state index in [2.05, 4.69) is 146 Å². The topological polar surface area (TPSA) is 0 Å². The number of benzene rings is 4. The van der Waals surface area contributed by atoms with E-state index in [0.717, 1.165) is 0 Å². The van der Waals surface area contributed by atoms with Crippen molar-refractivity contribution in [3.63, 3.8) is 0 Å². The Bertz CT molecular complexity index is 2290. The average Bonchev–Trinajstić information content (AvgIpc) is 3.92. The van der Waals surface area contributed by atoms with Crippen molar-refractivity contribution in [3.05, 3.63) is 146 Å². The molecule has 0 saturated heterocycles. The van der Waals surface area contributed by atoms with Gasteiger partial charge in [0.15, 0.2) is 0 Å². The van der Waals surface area contributed by atoms with Gasteiger partial charge in [0.1, 0.15) is 0 Å². The molecule has 0 fully saturated rings. The van der Waals surface area contributed by atoms with Crippen LogP contribution in [0.25, 0.3) is 81.4 Å². The third-order valence-electron chi connectivity index (χ3n) is 8.07. The molecule has 4 aromatic carbocycles. The Morgan fingerprint density at radius 3 is 0.822 bits per heavy atom. The molecule has 0 atom stereocenters. The van der Waals surface area contributed by atoms with Gasteiger partial charge in [0.2, 0.25) is 0 Å². The lowest BCUT2D eigenvalue weighted by atomic mass is 10.1. The molecule has 0 amide bonds. The van der Waals surface area contributed by atoms with Gasteiger partial charge in [-0.2, -0.15) is 0 Å². The number of rotatable bonds is 6. The SMILES string of the molecule is c1ccc2cc(-c3ccc(-c4ccc(-c5ccc(-c6ccc(-c7ccc(-c8ccc9ccccc9c8)s7)s6)s5)s4)s3)ccc2c1. The maximum absolute atomic E-state index is 2.30. The molecule has 45 heavy (non-hydrogen) atoms. The van der Waals surface area contributed by atoms with Gasteiger partial charge < -0.3 is 0 Å². The number of thiophene rings is 5. The predicted octanol–water partition coefficient (Wildman–Crippen LogP) is 14.3. The molecule has 0 N–H and O–H groups in total. The lowest BCUT2D eigenvalue weighted by molar-refractivity contribution is 1.73. The van der Waals surface area contributed by atoms with Crippen LogP contribution in [-0.4, -0.2) is 0 Å². The second-order valence-electron chi connectivity index (χ2n) is 10.9. The Morgan fingerprint density at radius 2 is 0.489 bits per heavy atom. The molecule has 0 radical (unpaired) electrons. The first-order valence-electron chi connectivity index (χ1n) is 14.7. The summed E-state index contributed by atoms with van der Waals surface area (Å²) in [5.41, 5.74) is 2.57. The monoisotopic (exact) mass is 664 g/mol. The van der Waals surface area contributed by atoms with Gasteiger partial charge in [-0.25, -0.2) is 0 Å². The van der Waals surface area contributed by atoms with Crippen LogP contribution in [0.4, 0.5) is 0 Å². The van der Waals surface area contributed by atoms with Crippen molar-refractivity contribution in [2.45, 2.75) is 0 Å². The molecule has 5 heteroatoms. The van der Waals surface area contributed by atoms with Gasteiger partial charge in [0.25, 0.3) is 0 Å². The fourth-order valence-corrected chi connectivity index (χ4v) is 11.1. The van der Waals surface area contributed by atoms with Gasteiger partial charge in [-0.15, -0.1) is 56.7 Å². The molecule has 9 aromatic rings. The highest BCUT2D eigenvalue weighted by Crippen LogP contribution is 2.46. The van der Waals surface area contributed by atoms with Crippen LogP contribution in [0.3, 0.4) is 0 Å². The molecule has 0 aliphatic rings. The third-order valence-corrected chi connectivity index (χ3v) is 14.4. The van der Waals surface area contributed by atoms with Crippen LogP contribution in [-0.2, 0) is 0 Å². The average molecular weight is 665 g/mol. The van der Waals surface area contributed by atoms with Gasteiger partial charge in [0, 0.05) is 48.8 Å². The fraction of sp³-hybridized carbons (Fsp3) is 0. The highest BCUT2D eigenvalue weighted by molar-refractivity contribution is 7.30. The van der Waals surface area contributed by atoms with Gasteiger partial charge in [-0.3, -0.25) is 0 Å². The summed E-state index contributed by atoms with van der Waals surface area (Å²) in [6, 6.07) is 53.4. The van der Waals surface area contributed by atoms with E-state index < -0.39 is 0 Å². The molecule has 0 spiro atoms. The van der Waals surface area contributed by atoms with E-state index in [1.165, 1.54) is 81.4 Å². The Labute approximate surface area is 281 Å². The first-order chi connectivity index (χ1) is 22.2. The number of hydrogen-bond acceptors (Lipinski definition) is 5. The van der Waals surface area contributed by atoms with E-state index in [1.54, 1.807) is 0 Å². The van der Waals surface area contributed by atoms with E-state index in [0.29, 0.717) is 0 Å². The summed E-state index contributed by atoms with van der Waals surface area (Å²) in [5.74, 6) is 0. The van der Waals surface area contributed by atoms with Crippen LogP contribution in [0.5, 0.6) is 0 Å². The first-order valence-corrected chi connectivity index (χ1v) is 18.8. The summed E-state index contributed by atoms with van der Waals surface area (Å²) in [7, 11) is 0. The van der Waals surface area contributed by atoms with E-state index in [-0.39, 0.29) is 0 Å². The van der Waals surface area contributed by atoms with Crippen molar-refractivity contribution in [1.29, 1.82) is 0 Å². The molecular weight excluding hydrogens is 641 g/mol. The number of hydrogen-bond donors (Lipinski definition) is 0. The van der Waals surface area contributed by atoms with Crippen LogP contribution in [0.2, 0.25) is 0 Å². The second-order valence-corrected chi connectivity index (χ2v) is 16.4. The normalized spacial score (nSPS) is 11.6. The van der Waals surface area contributed by atoms with Crippen LogP contribution >= 0.6 is 56.7 Å². The van der Waals surface area contributed by atoms with E-state index in [1.807, 2.05) is 56.7 Å². The second kappa shape index (κ2) is 11.4. The lowest BCUT2D eigenvalue weighted by Gasteiger charge is -2.01. The first kappa shape index (κ1) is 27.2. The Balaban J connectivity index is 0.933. The molecule has 0 aliphatic carbocycles. The highest BCUT2D eigenvalue weighted by Gasteiger charge is 2.14. The van der Waals surface area contributed by atoms with Crippen LogP contribution in [0, 0.1) is 0 Å². The van der Waals surface area contributed by atoms with Gasteiger partial charge in [0.05, 0.1) is 0 Å². The van der Waals surface area contributed by atoms with Gasteiger partial charge in [-0.05, 0) is 105 Å². The zero-order chi connectivity index (χ0) is 29.7. The van der Waals surface area contributed by atoms with Crippen LogP contribution in [0.15, 0.2) is 146 Å². The van der Waals surface area contributed by atoms with Gasteiger partial charge in [-0.1, -0.05) is 72.8 Å². The number of fused-ring (bicyclic) bond motifs is 2. The molecule has 9 rings (SSSR count). The minimum absolute atomic E-state index is 1.28. The summed E-state index contributed by atoms with van der Waals surface area (Å²) in [4.78, 5) is 13.3. The molecule has 0 aliphatic heterocycles. The zero-order valence-corrected chi connectivity index (χ0v) is 28.0. The Hall–Kier alpha value is -4.10. The smallest absolute Gasteiger partial charge is 0.0449 e. The molecule has 0 saturated carbocycles. The van der Waals surface area contributed by atoms with Crippen molar-refractivity contribution < 1.29 is 0 Å². The molecule has 0 unspecified atom stereocenters. The molecule has 5 aromatic heterocycles. The molecule has 5 heterocycles. The highest BCUT2D eigenvalue weighted by atomic mass is 32.1. The summed E-state index contributed by atoms with van der Waals surface area (Å²) >= 11 is 9.42. The van der Waals surface area contributed by atoms with Crippen molar-refractivity contribution in [3.8, 4) is 59.9 Å². The largest absolute Gasteiger partial charge is 0.134 e. The Morgan fingerprint density at radius 1 is 0.222 bits per heavy atom. The van der Waals surface area contributed by atoms with Crippen LogP contribution in [0.1, 0.15) is 0 Å². The van der Waals surface area contributed by atoms with E-state index in [9.17, 15) is 0 Å². The summed E-state index contributed by atoms with van der Waals surface area (Å²) < 4.78 is 0. The lowest BCUT2D eigenvalue weighted by Crippen LogP contribution is -1.74. The van der Waals surface area contributed by atoms with Crippen molar-refractivity contribution >= 4 is 78.2 Å². The summed E-state index contributed by atoms with van der Waals surface area (Å²) in [6.45, 7) is 0. The van der Waals surface area contributed by atoms with Crippen LogP contribution < -0.4 is 0 Å². The zero-order valence-electron chi connectivity index (χ0n) is 23.9. The van der Waals surface area contributed by atoms with Crippen molar-refractivity contribution in [1.82, 2.24) is 0 Å². The standard InChI is InChI=1S/C40H24S5/c1-3-7-27-23-29(11-9-25(27)5-1)31-13-15-33(41-31)35-17-19-37(43-35)39-21-22-40(45-39)38-20-18-36(44-38)34-16-14-32(42-34)30-12-10-26-6-2-4-8-28(26)24-30/h1-24H.